The number of piperidine rings is 1. The number of rotatable bonds is 3. The van der Waals surface area contributed by atoms with E-state index in [-0.39, 0.29) is 18.2 Å². The summed E-state index contributed by atoms with van der Waals surface area (Å²) in [5, 5.41) is 13.8. The van der Waals surface area contributed by atoms with Crippen LogP contribution in [0.2, 0.25) is 0 Å². The highest BCUT2D eigenvalue weighted by atomic mass is 16.3. The van der Waals surface area contributed by atoms with E-state index < -0.39 is 0 Å². The van der Waals surface area contributed by atoms with Crippen LogP contribution in [0.1, 0.15) is 31.4 Å². The van der Waals surface area contributed by atoms with E-state index in [1.807, 2.05) is 31.0 Å². The van der Waals surface area contributed by atoms with Crippen LogP contribution in [0.4, 0.5) is 0 Å². The minimum atomic E-state index is -0.145. The second-order valence-corrected chi connectivity index (χ2v) is 5.02. The second-order valence-electron chi connectivity index (χ2n) is 5.02. The number of nitrogens with two attached hydrogens (primary N) is 1. The molecule has 1 aliphatic heterocycles. The number of aliphatic hydroxyl groups excluding tert-OH is 1. The van der Waals surface area contributed by atoms with Crippen molar-refractivity contribution in [2.75, 3.05) is 13.1 Å². The summed E-state index contributed by atoms with van der Waals surface area (Å²) in [6.45, 7) is 3.84. The first kappa shape index (κ1) is 12.5. The van der Waals surface area contributed by atoms with Crippen molar-refractivity contribution in [2.24, 2.45) is 12.8 Å². The zero-order chi connectivity index (χ0) is 12.4. The maximum absolute atomic E-state index is 9.55. The maximum atomic E-state index is 9.55. The Morgan fingerprint density at radius 2 is 2.12 bits per heavy atom. The molecule has 0 saturated carbocycles. The van der Waals surface area contributed by atoms with Crippen LogP contribution in [-0.2, 0) is 7.05 Å². The van der Waals surface area contributed by atoms with Gasteiger partial charge in [0.1, 0.15) is 0 Å². The van der Waals surface area contributed by atoms with Crippen molar-refractivity contribution in [3.63, 3.8) is 0 Å². The number of hydrogen-bond acceptors (Lipinski definition) is 4. The van der Waals surface area contributed by atoms with Gasteiger partial charge in [0.15, 0.2) is 0 Å². The number of aliphatic hydroxyl groups is 1. The van der Waals surface area contributed by atoms with E-state index in [1.54, 1.807) is 0 Å². The summed E-state index contributed by atoms with van der Waals surface area (Å²) in [6, 6.07) is 0.269. The van der Waals surface area contributed by atoms with E-state index in [0.29, 0.717) is 0 Å². The van der Waals surface area contributed by atoms with Gasteiger partial charge in [-0.25, -0.2) is 0 Å². The molecule has 1 saturated heterocycles. The third-order valence-electron chi connectivity index (χ3n) is 3.46. The minimum Gasteiger partial charge on any atom is -0.393 e. The van der Waals surface area contributed by atoms with E-state index in [0.717, 1.165) is 25.9 Å². The fourth-order valence-corrected chi connectivity index (χ4v) is 2.60. The van der Waals surface area contributed by atoms with Crippen LogP contribution >= 0.6 is 0 Å². The SMILES string of the molecule is CC(N)C(c1cnn(C)c1)N1CCC(O)CC1. The van der Waals surface area contributed by atoms with Gasteiger partial charge in [0.2, 0.25) is 0 Å². The Bertz CT molecular complexity index is 355. The van der Waals surface area contributed by atoms with Crippen molar-refractivity contribution in [1.29, 1.82) is 0 Å². The van der Waals surface area contributed by atoms with Crippen LogP contribution in [0.3, 0.4) is 0 Å². The van der Waals surface area contributed by atoms with Gasteiger partial charge in [-0.15, -0.1) is 0 Å². The van der Waals surface area contributed by atoms with Crippen LogP contribution < -0.4 is 5.73 Å². The van der Waals surface area contributed by atoms with Gasteiger partial charge in [-0.2, -0.15) is 5.10 Å². The van der Waals surface area contributed by atoms with E-state index >= 15 is 0 Å². The quantitative estimate of drug-likeness (QED) is 0.793. The molecule has 0 spiro atoms. The van der Waals surface area contributed by atoms with Crippen molar-refractivity contribution in [1.82, 2.24) is 14.7 Å². The van der Waals surface area contributed by atoms with Crippen LogP contribution in [0.5, 0.6) is 0 Å². The van der Waals surface area contributed by atoms with E-state index in [1.165, 1.54) is 5.56 Å². The molecule has 3 N–H and O–H groups in total. The maximum Gasteiger partial charge on any atom is 0.0564 e. The Kier molecular flexibility index (Phi) is 3.81. The lowest BCUT2D eigenvalue weighted by atomic mass is 9.98. The van der Waals surface area contributed by atoms with Gasteiger partial charge in [0.05, 0.1) is 18.3 Å². The lowest BCUT2D eigenvalue weighted by Crippen LogP contribution is -2.44. The molecule has 1 aromatic heterocycles. The van der Waals surface area contributed by atoms with Crippen LogP contribution in [0, 0.1) is 0 Å². The van der Waals surface area contributed by atoms with Crippen molar-refractivity contribution in [3.05, 3.63) is 18.0 Å². The van der Waals surface area contributed by atoms with Gasteiger partial charge in [0.25, 0.3) is 0 Å². The number of likely N-dealkylation sites (tertiary alicyclic amines) is 1. The molecule has 0 bridgehead atoms. The summed E-state index contributed by atoms with van der Waals surface area (Å²) in [4.78, 5) is 2.36. The van der Waals surface area contributed by atoms with Crippen LogP contribution in [-0.4, -0.2) is 45.0 Å². The van der Waals surface area contributed by atoms with Crippen LogP contribution in [0.25, 0.3) is 0 Å². The number of aryl methyl sites for hydroxylation is 1. The topological polar surface area (TPSA) is 67.3 Å². The second kappa shape index (κ2) is 5.16. The summed E-state index contributed by atoms with van der Waals surface area (Å²) in [6.07, 6.45) is 5.44. The van der Waals surface area contributed by atoms with Crippen molar-refractivity contribution in [2.45, 2.75) is 38.0 Å². The average molecular weight is 238 g/mol. The Morgan fingerprint density at radius 3 is 2.59 bits per heavy atom. The zero-order valence-electron chi connectivity index (χ0n) is 10.6. The number of hydrogen-bond donors (Lipinski definition) is 2. The van der Waals surface area contributed by atoms with Gasteiger partial charge < -0.3 is 10.8 Å². The standard InChI is InChI=1S/C12H22N4O/c1-9(13)12(10-7-14-15(2)8-10)16-5-3-11(17)4-6-16/h7-9,11-12,17H,3-6,13H2,1-2H3. The molecule has 96 valence electrons. The lowest BCUT2D eigenvalue weighted by molar-refractivity contribution is 0.0548. The predicted octanol–water partition coefficient (Wildman–Crippen LogP) is 0.265. The summed E-state index contributed by atoms with van der Waals surface area (Å²) in [5.41, 5.74) is 7.27. The average Bonchev–Trinajstić information content (AvgIpc) is 2.68. The molecule has 1 fully saturated rings. The molecule has 2 atom stereocenters. The summed E-state index contributed by atoms with van der Waals surface area (Å²) in [7, 11) is 1.92. The van der Waals surface area contributed by atoms with E-state index in [9.17, 15) is 5.11 Å². The zero-order valence-corrected chi connectivity index (χ0v) is 10.6. The summed E-state index contributed by atoms with van der Waals surface area (Å²) >= 11 is 0. The first-order chi connectivity index (χ1) is 8.08. The van der Waals surface area contributed by atoms with E-state index in [4.69, 9.17) is 5.73 Å². The molecule has 0 radical (unpaired) electrons. The third-order valence-corrected chi connectivity index (χ3v) is 3.46. The number of nitrogens with zero attached hydrogens (tertiary/aromatic N) is 3. The fourth-order valence-electron chi connectivity index (χ4n) is 2.60. The van der Waals surface area contributed by atoms with Crippen molar-refractivity contribution < 1.29 is 5.11 Å². The van der Waals surface area contributed by atoms with Crippen molar-refractivity contribution >= 4 is 0 Å². The summed E-state index contributed by atoms with van der Waals surface area (Å²) < 4.78 is 1.81. The normalized spacial score (nSPS) is 22.6. The molecule has 0 aromatic carbocycles. The van der Waals surface area contributed by atoms with Gasteiger partial charge in [-0.05, 0) is 19.8 Å². The monoisotopic (exact) mass is 238 g/mol. The molecule has 0 aliphatic carbocycles. The molecule has 2 unspecified atom stereocenters. The molecular weight excluding hydrogens is 216 g/mol. The molecule has 17 heavy (non-hydrogen) atoms. The molecule has 1 aromatic rings. The highest BCUT2D eigenvalue weighted by Gasteiger charge is 2.28. The fraction of sp³-hybridized carbons (Fsp3) is 0.750. The molecule has 5 nitrogen and oxygen atoms in total. The number of aromatic nitrogens is 2. The Hall–Kier alpha value is -0.910. The third kappa shape index (κ3) is 2.86. The molecule has 1 aliphatic rings. The molecule has 2 heterocycles. The lowest BCUT2D eigenvalue weighted by Gasteiger charge is -2.37. The first-order valence-electron chi connectivity index (χ1n) is 6.24. The molecule has 2 rings (SSSR count). The van der Waals surface area contributed by atoms with Crippen molar-refractivity contribution in [3.8, 4) is 0 Å². The Morgan fingerprint density at radius 1 is 1.47 bits per heavy atom. The Labute approximate surface area is 102 Å². The Balaban J connectivity index is 2.12. The minimum absolute atomic E-state index is 0.0643. The largest absolute Gasteiger partial charge is 0.393 e. The smallest absolute Gasteiger partial charge is 0.0564 e. The van der Waals surface area contributed by atoms with Gasteiger partial charge in [-0.3, -0.25) is 9.58 Å². The van der Waals surface area contributed by atoms with Gasteiger partial charge >= 0.3 is 0 Å². The van der Waals surface area contributed by atoms with Crippen LogP contribution in [0.15, 0.2) is 12.4 Å². The van der Waals surface area contributed by atoms with Gasteiger partial charge in [-0.1, -0.05) is 0 Å². The predicted molar refractivity (Wildman–Crippen MR) is 66.4 cm³/mol. The highest BCUT2D eigenvalue weighted by Crippen LogP contribution is 2.26. The van der Waals surface area contributed by atoms with E-state index in [2.05, 4.69) is 10.00 Å². The molecular formula is C12H22N4O. The van der Waals surface area contributed by atoms with Gasteiger partial charge in [0, 0.05) is 37.9 Å². The summed E-state index contributed by atoms with van der Waals surface area (Å²) in [5.74, 6) is 0. The molecule has 5 heteroatoms. The highest BCUT2D eigenvalue weighted by molar-refractivity contribution is 5.13. The molecule has 0 amide bonds. The first-order valence-corrected chi connectivity index (χ1v) is 6.24.